The van der Waals surface area contributed by atoms with E-state index in [1.165, 1.54) is 5.56 Å². The highest BCUT2D eigenvalue weighted by Crippen LogP contribution is 2.32. The van der Waals surface area contributed by atoms with Crippen molar-refractivity contribution in [1.82, 2.24) is 0 Å². The van der Waals surface area contributed by atoms with E-state index in [4.69, 9.17) is 9.47 Å². The standard InChI is InChI=1S/C19H25NO2/c1-4-5-13-22-19-16(10-8-12-18(19)21-3)14-20-17-11-7-6-9-15(17)2/h6-12,20H,4-5,13-14H2,1-3H3. The van der Waals surface area contributed by atoms with Crippen LogP contribution in [0.5, 0.6) is 11.5 Å². The molecule has 1 N–H and O–H groups in total. The van der Waals surface area contributed by atoms with Crippen LogP contribution in [0.1, 0.15) is 30.9 Å². The molecule has 0 radical (unpaired) electrons. The number of hydrogen-bond donors (Lipinski definition) is 1. The maximum atomic E-state index is 5.95. The van der Waals surface area contributed by atoms with Crippen LogP contribution in [0.15, 0.2) is 42.5 Å². The highest BCUT2D eigenvalue weighted by atomic mass is 16.5. The van der Waals surface area contributed by atoms with Crippen LogP contribution in [-0.2, 0) is 6.54 Å². The molecule has 22 heavy (non-hydrogen) atoms. The SMILES string of the molecule is CCCCOc1c(CNc2ccccc2C)cccc1OC. The number of benzene rings is 2. The van der Waals surface area contributed by atoms with Gasteiger partial charge >= 0.3 is 0 Å². The van der Waals surface area contributed by atoms with E-state index in [2.05, 4.69) is 37.4 Å². The summed E-state index contributed by atoms with van der Waals surface area (Å²) in [5.74, 6) is 1.64. The molecule has 0 unspecified atom stereocenters. The summed E-state index contributed by atoms with van der Waals surface area (Å²) in [6, 6.07) is 14.3. The average Bonchev–Trinajstić information content (AvgIpc) is 2.55. The van der Waals surface area contributed by atoms with Gasteiger partial charge in [0.1, 0.15) is 0 Å². The highest BCUT2D eigenvalue weighted by molar-refractivity contribution is 5.53. The van der Waals surface area contributed by atoms with Gasteiger partial charge in [-0.15, -0.1) is 0 Å². The molecule has 0 aliphatic rings. The first-order valence-electron chi connectivity index (χ1n) is 7.84. The summed E-state index contributed by atoms with van der Waals surface area (Å²) in [6.07, 6.45) is 2.16. The van der Waals surface area contributed by atoms with E-state index >= 15 is 0 Å². The van der Waals surface area contributed by atoms with E-state index in [9.17, 15) is 0 Å². The normalized spacial score (nSPS) is 10.3. The Hall–Kier alpha value is -2.16. The molecule has 0 spiro atoms. The second kappa shape index (κ2) is 8.32. The van der Waals surface area contributed by atoms with Gasteiger partial charge in [0.25, 0.3) is 0 Å². The first-order valence-corrected chi connectivity index (χ1v) is 7.84. The molecule has 0 saturated carbocycles. The maximum Gasteiger partial charge on any atom is 0.166 e. The summed E-state index contributed by atoms with van der Waals surface area (Å²) in [4.78, 5) is 0. The molecule has 0 amide bonds. The zero-order valence-corrected chi connectivity index (χ0v) is 13.7. The van der Waals surface area contributed by atoms with Crippen LogP contribution in [0.3, 0.4) is 0 Å². The van der Waals surface area contributed by atoms with Crippen molar-refractivity contribution in [2.24, 2.45) is 0 Å². The Morgan fingerprint density at radius 2 is 1.86 bits per heavy atom. The lowest BCUT2D eigenvalue weighted by Crippen LogP contribution is -2.06. The van der Waals surface area contributed by atoms with Gasteiger partial charge in [-0.2, -0.15) is 0 Å². The number of rotatable bonds is 8. The van der Waals surface area contributed by atoms with Crippen molar-refractivity contribution in [2.45, 2.75) is 33.2 Å². The van der Waals surface area contributed by atoms with E-state index in [1.807, 2.05) is 24.3 Å². The monoisotopic (exact) mass is 299 g/mol. The van der Waals surface area contributed by atoms with Gasteiger partial charge in [0.15, 0.2) is 11.5 Å². The summed E-state index contributed by atoms with van der Waals surface area (Å²) < 4.78 is 11.4. The van der Waals surface area contributed by atoms with Crippen molar-refractivity contribution >= 4 is 5.69 Å². The Morgan fingerprint density at radius 1 is 1.05 bits per heavy atom. The summed E-state index contributed by atoms with van der Waals surface area (Å²) >= 11 is 0. The minimum atomic E-state index is 0.712. The molecule has 0 saturated heterocycles. The third kappa shape index (κ3) is 4.17. The van der Waals surface area contributed by atoms with Crippen molar-refractivity contribution < 1.29 is 9.47 Å². The second-order valence-electron chi connectivity index (χ2n) is 5.32. The van der Waals surface area contributed by atoms with E-state index in [0.717, 1.165) is 35.6 Å². The van der Waals surface area contributed by atoms with E-state index in [1.54, 1.807) is 7.11 Å². The molecular formula is C19H25NO2. The Labute approximate surface area is 133 Å². The van der Waals surface area contributed by atoms with Crippen molar-refractivity contribution in [3.05, 3.63) is 53.6 Å². The number of aryl methyl sites for hydroxylation is 1. The Kier molecular flexibility index (Phi) is 6.13. The predicted molar refractivity (Wildman–Crippen MR) is 91.9 cm³/mol. The molecule has 0 aromatic heterocycles. The molecule has 2 aromatic carbocycles. The molecule has 0 atom stereocenters. The van der Waals surface area contributed by atoms with Crippen molar-refractivity contribution in [2.75, 3.05) is 19.0 Å². The molecule has 0 bridgehead atoms. The molecule has 2 aromatic rings. The molecule has 3 nitrogen and oxygen atoms in total. The van der Waals surface area contributed by atoms with Crippen molar-refractivity contribution in [3.63, 3.8) is 0 Å². The molecule has 118 valence electrons. The summed E-state index contributed by atoms with van der Waals surface area (Å²) in [5.41, 5.74) is 3.49. The van der Waals surface area contributed by atoms with E-state index in [-0.39, 0.29) is 0 Å². The molecular weight excluding hydrogens is 274 g/mol. The van der Waals surface area contributed by atoms with Gasteiger partial charge in [0.2, 0.25) is 0 Å². The first kappa shape index (κ1) is 16.2. The summed E-state index contributed by atoms with van der Waals surface area (Å²) in [6.45, 7) is 5.69. The Morgan fingerprint density at radius 3 is 2.59 bits per heavy atom. The number of methoxy groups -OCH3 is 1. The largest absolute Gasteiger partial charge is 0.493 e. The van der Waals surface area contributed by atoms with Crippen LogP contribution >= 0.6 is 0 Å². The van der Waals surface area contributed by atoms with E-state index in [0.29, 0.717) is 13.2 Å². The van der Waals surface area contributed by atoms with Crippen LogP contribution < -0.4 is 14.8 Å². The number of anilines is 1. The fourth-order valence-corrected chi connectivity index (χ4v) is 2.31. The zero-order chi connectivity index (χ0) is 15.8. The maximum absolute atomic E-state index is 5.95. The number of unbranched alkanes of at least 4 members (excludes halogenated alkanes) is 1. The van der Waals surface area contributed by atoms with Gasteiger partial charge in [0, 0.05) is 17.8 Å². The van der Waals surface area contributed by atoms with Gasteiger partial charge in [-0.25, -0.2) is 0 Å². The smallest absolute Gasteiger partial charge is 0.166 e. The fraction of sp³-hybridized carbons (Fsp3) is 0.368. The minimum Gasteiger partial charge on any atom is -0.493 e. The number of para-hydroxylation sites is 2. The fourth-order valence-electron chi connectivity index (χ4n) is 2.31. The molecule has 0 aliphatic heterocycles. The summed E-state index contributed by atoms with van der Waals surface area (Å²) in [5, 5.41) is 3.48. The van der Waals surface area contributed by atoms with Crippen LogP contribution in [0.2, 0.25) is 0 Å². The topological polar surface area (TPSA) is 30.5 Å². The van der Waals surface area contributed by atoms with Crippen molar-refractivity contribution in [1.29, 1.82) is 0 Å². The van der Waals surface area contributed by atoms with Crippen LogP contribution in [0.4, 0.5) is 5.69 Å². The van der Waals surface area contributed by atoms with Gasteiger partial charge < -0.3 is 14.8 Å². The summed E-state index contributed by atoms with van der Waals surface area (Å²) in [7, 11) is 1.68. The Bertz CT molecular complexity index is 596. The molecule has 2 rings (SSSR count). The highest BCUT2D eigenvalue weighted by Gasteiger charge is 2.10. The van der Waals surface area contributed by atoms with Crippen LogP contribution in [-0.4, -0.2) is 13.7 Å². The first-order chi connectivity index (χ1) is 10.8. The third-order valence-electron chi connectivity index (χ3n) is 3.64. The van der Waals surface area contributed by atoms with Crippen LogP contribution in [0, 0.1) is 6.92 Å². The molecule has 0 aliphatic carbocycles. The van der Waals surface area contributed by atoms with Gasteiger partial charge in [0.05, 0.1) is 13.7 Å². The number of ether oxygens (including phenoxy) is 2. The number of nitrogens with one attached hydrogen (secondary N) is 1. The van der Waals surface area contributed by atoms with Gasteiger partial charge in [-0.05, 0) is 31.0 Å². The minimum absolute atomic E-state index is 0.712. The Balaban J connectivity index is 2.13. The lowest BCUT2D eigenvalue weighted by atomic mass is 10.1. The lowest BCUT2D eigenvalue weighted by molar-refractivity contribution is 0.285. The third-order valence-corrected chi connectivity index (χ3v) is 3.64. The van der Waals surface area contributed by atoms with E-state index < -0.39 is 0 Å². The molecule has 3 heteroatoms. The predicted octanol–water partition coefficient (Wildman–Crippen LogP) is 4.79. The quantitative estimate of drug-likeness (QED) is 0.711. The lowest BCUT2D eigenvalue weighted by Gasteiger charge is -2.16. The molecule has 0 fully saturated rings. The average molecular weight is 299 g/mol. The van der Waals surface area contributed by atoms with Crippen LogP contribution in [0.25, 0.3) is 0 Å². The number of hydrogen-bond acceptors (Lipinski definition) is 3. The van der Waals surface area contributed by atoms with Gasteiger partial charge in [-0.1, -0.05) is 43.7 Å². The zero-order valence-electron chi connectivity index (χ0n) is 13.7. The van der Waals surface area contributed by atoms with Gasteiger partial charge in [-0.3, -0.25) is 0 Å². The molecule has 0 heterocycles. The van der Waals surface area contributed by atoms with Crippen molar-refractivity contribution in [3.8, 4) is 11.5 Å². The second-order valence-corrected chi connectivity index (χ2v) is 5.32.